The van der Waals surface area contributed by atoms with Crippen LogP contribution >= 0.6 is 0 Å². The summed E-state index contributed by atoms with van der Waals surface area (Å²) in [5, 5.41) is 139. The lowest BCUT2D eigenvalue weighted by atomic mass is 9.43. The Morgan fingerprint density at radius 3 is 1.90 bits per heavy atom. The van der Waals surface area contributed by atoms with Crippen molar-refractivity contribution in [2.75, 3.05) is 19.8 Å². The van der Waals surface area contributed by atoms with Gasteiger partial charge in [0.05, 0.1) is 50.3 Å². The van der Waals surface area contributed by atoms with E-state index >= 15 is 0 Å². The summed E-state index contributed by atoms with van der Waals surface area (Å²) in [5.41, 5.74) is -0.516. The van der Waals surface area contributed by atoms with Crippen molar-refractivity contribution in [3.8, 4) is 0 Å². The summed E-state index contributed by atoms with van der Waals surface area (Å²) in [6.45, 7) is 8.97. The third-order valence-electron chi connectivity index (χ3n) is 17.0. The molecule has 19 nitrogen and oxygen atoms in total. The number of fused-ring (bicyclic) bond motifs is 5. The minimum Gasteiger partial charge on any atom is -0.394 e. The number of hydrogen-bond donors (Lipinski definition) is 13. The standard InChI is InChI=1S/C44H76O19/c1-17(2)39(63-41-36(55)31(50)27(49)15-58-41)26(48)10-18(3)30-25(47)13-22-20-12-24(46)23-11-19(6-8-43(23,4)21(20)7-9-44(22,30)5)60-42-38(57)35(54)33(52)29(62-42)16-59-40-37(56)34(53)32(51)28(14-45)61-40/h17-42,45-57H,6-16H2,1-5H3/t18-,19-,20+,21-,22+,23+,24+,25-,26+,27-,28+,29+,30-,31-,32+,33+,34-,35-,36+,37+,38+,39-,40+,41-,42+,43+,44-/m0/s1. The summed E-state index contributed by atoms with van der Waals surface area (Å²) in [5.74, 6) is -0.0232. The largest absolute Gasteiger partial charge is 0.394 e. The minimum atomic E-state index is -1.69. The molecule has 366 valence electrons. The van der Waals surface area contributed by atoms with Gasteiger partial charge in [-0.3, -0.25) is 0 Å². The molecule has 19 heteroatoms. The van der Waals surface area contributed by atoms with Gasteiger partial charge < -0.3 is 94.8 Å². The van der Waals surface area contributed by atoms with Crippen molar-refractivity contribution >= 4 is 0 Å². The Balaban J connectivity index is 0.967. The van der Waals surface area contributed by atoms with E-state index in [1.165, 1.54) is 0 Å². The van der Waals surface area contributed by atoms with Crippen LogP contribution in [0.4, 0.5) is 0 Å². The van der Waals surface area contributed by atoms with Gasteiger partial charge in [-0.2, -0.15) is 0 Å². The zero-order chi connectivity index (χ0) is 46.0. The molecule has 4 aliphatic carbocycles. The van der Waals surface area contributed by atoms with Gasteiger partial charge in [-0.1, -0.05) is 34.6 Å². The van der Waals surface area contributed by atoms with Crippen LogP contribution in [0.2, 0.25) is 0 Å². The normalized spacial score (nSPS) is 53.0. The molecule has 7 rings (SSSR count). The summed E-state index contributed by atoms with van der Waals surface area (Å²) < 4.78 is 34.7. The predicted octanol–water partition coefficient (Wildman–Crippen LogP) is -2.54. The molecule has 0 aromatic rings. The third-order valence-corrected chi connectivity index (χ3v) is 17.0. The van der Waals surface area contributed by atoms with Crippen LogP contribution in [-0.2, 0) is 28.4 Å². The molecule has 7 fully saturated rings. The molecule has 0 spiro atoms. The summed E-state index contributed by atoms with van der Waals surface area (Å²) in [4.78, 5) is 0. The van der Waals surface area contributed by atoms with Crippen LogP contribution in [-0.4, -0.2) is 203 Å². The topological polar surface area (TPSA) is 318 Å². The molecule has 63 heavy (non-hydrogen) atoms. The third kappa shape index (κ3) is 9.40. The van der Waals surface area contributed by atoms with Crippen molar-refractivity contribution in [1.82, 2.24) is 0 Å². The molecule has 3 heterocycles. The number of ether oxygens (including phenoxy) is 6. The van der Waals surface area contributed by atoms with Crippen molar-refractivity contribution in [3.05, 3.63) is 0 Å². The fourth-order valence-electron chi connectivity index (χ4n) is 13.6. The average Bonchev–Trinajstić information content (AvgIpc) is 3.52. The van der Waals surface area contributed by atoms with Gasteiger partial charge >= 0.3 is 0 Å². The smallest absolute Gasteiger partial charge is 0.186 e. The molecule has 0 bridgehead atoms. The fourth-order valence-corrected chi connectivity index (χ4v) is 13.6. The second kappa shape index (κ2) is 19.7. The zero-order valence-corrected chi connectivity index (χ0v) is 37.1. The Morgan fingerprint density at radius 2 is 1.24 bits per heavy atom. The van der Waals surface area contributed by atoms with Crippen LogP contribution in [0, 0.1) is 52.3 Å². The summed E-state index contributed by atoms with van der Waals surface area (Å²) >= 11 is 0. The van der Waals surface area contributed by atoms with E-state index in [0.29, 0.717) is 38.5 Å². The van der Waals surface area contributed by atoms with Crippen LogP contribution in [0.1, 0.15) is 86.0 Å². The predicted molar refractivity (Wildman–Crippen MR) is 217 cm³/mol. The van der Waals surface area contributed by atoms with E-state index in [-0.39, 0.29) is 58.9 Å². The highest BCUT2D eigenvalue weighted by atomic mass is 16.7. The lowest BCUT2D eigenvalue weighted by molar-refractivity contribution is -0.338. The van der Waals surface area contributed by atoms with Crippen LogP contribution < -0.4 is 0 Å². The second-order valence-electron chi connectivity index (χ2n) is 21.1. The molecule has 27 atom stereocenters. The van der Waals surface area contributed by atoms with Gasteiger partial charge in [-0.25, -0.2) is 0 Å². The molecule has 7 aliphatic rings. The second-order valence-corrected chi connectivity index (χ2v) is 21.1. The number of aliphatic hydroxyl groups excluding tert-OH is 13. The molecule has 13 N–H and O–H groups in total. The average molecular weight is 909 g/mol. The van der Waals surface area contributed by atoms with E-state index in [1.54, 1.807) is 0 Å². The monoisotopic (exact) mass is 908 g/mol. The lowest BCUT2D eigenvalue weighted by Crippen LogP contribution is -2.62. The molecule has 0 aromatic carbocycles. The van der Waals surface area contributed by atoms with Gasteiger partial charge in [0.15, 0.2) is 18.9 Å². The number of hydrogen-bond acceptors (Lipinski definition) is 19. The Hall–Kier alpha value is -0.760. The van der Waals surface area contributed by atoms with Gasteiger partial charge in [0.1, 0.15) is 67.1 Å². The molecule has 4 saturated carbocycles. The van der Waals surface area contributed by atoms with Crippen LogP contribution in [0.25, 0.3) is 0 Å². The summed E-state index contributed by atoms with van der Waals surface area (Å²) in [6, 6.07) is 0. The molecule has 0 amide bonds. The SMILES string of the molecule is CC(C)[C@H](O[C@@H]1OC[C@H](O)[C@H](O)[C@H]1O)[C@H](O)C[C@H](C)[C@H]1[C@@H](O)C[C@@H]2[C@@H]3C[C@@H](O)[C@H]4C[C@@H](O[C@@H]5O[C@H](CO[C@@H]6O[C@H](CO)[C@@H](O)[C@H](O)[C@H]6O)[C@@H](O)[C@H](O)[C@H]5O)CC[C@]4(C)[C@H]3CC[C@]12C. The lowest BCUT2D eigenvalue weighted by Gasteiger charge is -2.62. The highest BCUT2D eigenvalue weighted by Gasteiger charge is 2.65. The van der Waals surface area contributed by atoms with E-state index in [4.69, 9.17) is 28.4 Å². The Labute approximate surface area is 368 Å². The van der Waals surface area contributed by atoms with E-state index in [2.05, 4.69) is 20.8 Å². The first-order valence-corrected chi connectivity index (χ1v) is 23.3. The van der Waals surface area contributed by atoms with E-state index in [0.717, 1.165) is 12.8 Å². The maximum atomic E-state index is 12.0. The molecule has 0 radical (unpaired) electrons. The van der Waals surface area contributed by atoms with Crippen LogP contribution in [0.15, 0.2) is 0 Å². The highest BCUT2D eigenvalue weighted by molar-refractivity contribution is 5.13. The highest BCUT2D eigenvalue weighted by Crippen LogP contribution is 2.68. The number of rotatable bonds is 13. The van der Waals surface area contributed by atoms with Crippen LogP contribution in [0.3, 0.4) is 0 Å². The van der Waals surface area contributed by atoms with E-state index < -0.39 is 130 Å². The van der Waals surface area contributed by atoms with Crippen molar-refractivity contribution < 1.29 is 94.8 Å². The van der Waals surface area contributed by atoms with Gasteiger partial charge in [0, 0.05) is 0 Å². The molecular weight excluding hydrogens is 832 g/mol. The zero-order valence-electron chi connectivity index (χ0n) is 37.1. The van der Waals surface area contributed by atoms with Gasteiger partial charge in [-0.15, -0.1) is 0 Å². The Kier molecular flexibility index (Phi) is 15.7. The van der Waals surface area contributed by atoms with Crippen molar-refractivity contribution in [3.63, 3.8) is 0 Å². The Morgan fingerprint density at radius 1 is 0.619 bits per heavy atom. The molecule has 0 aromatic heterocycles. The van der Waals surface area contributed by atoms with E-state index in [9.17, 15) is 66.4 Å². The Bertz CT molecular complexity index is 1490. The summed E-state index contributed by atoms with van der Waals surface area (Å²) in [7, 11) is 0. The quantitative estimate of drug-likeness (QED) is 0.0847. The maximum Gasteiger partial charge on any atom is 0.186 e. The van der Waals surface area contributed by atoms with Gasteiger partial charge in [0.25, 0.3) is 0 Å². The van der Waals surface area contributed by atoms with Crippen LogP contribution in [0.5, 0.6) is 0 Å². The first-order chi connectivity index (χ1) is 29.6. The van der Waals surface area contributed by atoms with Crippen molar-refractivity contribution in [2.45, 2.75) is 203 Å². The molecule has 3 saturated heterocycles. The first-order valence-electron chi connectivity index (χ1n) is 23.3. The van der Waals surface area contributed by atoms with Gasteiger partial charge in [0.2, 0.25) is 0 Å². The fraction of sp³-hybridized carbons (Fsp3) is 1.00. The molecule has 0 unspecified atom stereocenters. The van der Waals surface area contributed by atoms with Gasteiger partial charge in [-0.05, 0) is 104 Å². The summed E-state index contributed by atoms with van der Waals surface area (Å²) in [6.07, 6.45) is -19.2. The van der Waals surface area contributed by atoms with Crippen molar-refractivity contribution in [1.29, 1.82) is 0 Å². The van der Waals surface area contributed by atoms with E-state index in [1.807, 2.05) is 13.8 Å². The number of aliphatic hydroxyl groups is 13. The van der Waals surface area contributed by atoms with Crippen molar-refractivity contribution in [2.24, 2.45) is 52.3 Å². The first kappa shape index (κ1) is 50.1. The maximum absolute atomic E-state index is 12.0. The molecular formula is C44H76O19. The minimum absolute atomic E-state index is 0.115. The molecule has 3 aliphatic heterocycles.